The Labute approximate surface area is 129 Å². The molecule has 0 radical (unpaired) electrons. The monoisotopic (exact) mass is 288 g/mol. The van der Waals surface area contributed by atoms with Crippen LogP contribution in [0.3, 0.4) is 0 Å². The highest BCUT2D eigenvalue weighted by atomic mass is 15.6. The first-order valence-corrected chi connectivity index (χ1v) is 7.28. The zero-order chi connectivity index (χ0) is 14.8. The molecule has 0 amide bonds. The Bertz CT molecular complexity index is 747. The molecule has 0 atom stereocenters. The Kier molecular flexibility index (Phi) is 3.12. The summed E-state index contributed by atoms with van der Waals surface area (Å²) in [6, 6.07) is 14.5. The molecule has 0 fully saturated rings. The molecule has 0 saturated heterocycles. The summed E-state index contributed by atoms with van der Waals surface area (Å²) in [6.07, 6.45) is 11.9. The summed E-state index contributed by atoms with van der Waals surface area (Å²) < 4.78 is 0. The van der Waals surface area contributed by atoms with E-state index >= 15 is 0 Å². The number of hydrogen-bond donors (Lipinski definition) is 1. The molecule has 4 nitrogen and oxygen atoms in total. The third-order valence-electron chi connectivity index (χ3n) is 3.76. The van der Waals surface area contributed by atoms with Crippen molar-refractivity contribution in [3.63, 3.8) is 0 Å². The summed E-state index contributed by atoms with van der Waals surface area (Å²) in [5.41, 5.74) is 6.84. The molecule has 1 N–H and O–H groups in total. The van der Waals surface area contributed by atoms with E-state index in [2.05, 4.69) is 56.9 Å². The van der Waals surface area contributed by atoms with E-state index in [1.165, 1.54) is 5.56 Å². The van der Waals surface area contributed by atoms with E-state index in [0.717, 1.165) is 23.6 Å². The van der Waals surface area contributed by atoms with Gasteiger partial charge in [0.2, 0.25) is 0 Å². The van der Waals surface area contributed by atoms with Crippen LogP contribution in [0, 0.1) is 0 Å². The van der Waals surface area contributed by atoms with Crippen LogP contribution in [-0.4, -0.2) is 14.9 Å². The van der Waals surface area contributed by atoms with Crippen LogP contribution in [0.15, 0.2) is 85.2 Å². The Hall–Kier alpha value is -3.01. The number of nitrogens with zero attached hydrogens (tertiary/aromatic N) is 3. The number of rotatable bonds is 3. The number of benzene rings is 1. The summed E-state index contributed by atoms with van der Waals surface area (Å²) in [5, 5.41) is 2.10. The molecule has 1 aromatic heterocycles. The topological polar surface area (TPSA) is 31.4 Å². The van der Waals surface area contributed by atoms with Crippen molar-refractivity contribution in [2.45, 2.75) is 6.54 Å². The fourth-order valence-corrected chi connectivity index (χ4v) is 2.71. The summed E-state index contributed by atoms with van der Waals surface area (Å²) in [5.74, 6) is 1.12. The molecule has 2 aliphatic heterocycles. The van der Waals surface area contributed by atoms with Gasteiger partial charge >= 0.3 is 0 Å². The SMILES string of the molecule is C1=CNN2C(c3ccncc3)=CN(Cc3ccccc3)C2=C1. The minimum absolute atomic E-state index is 0.841. The maximum atomic E-state index is 4.10. The van der Waals surface area contributed by atoms with Crippen LogP contribution in [0.25, 0.3) is 5.70 Å². The van der Waals surface area contributed by atoms with E-state index in [9.17, 15) is 0 Å². The van der Waals surface area contributed by atoms with E-state index in [4.69, 9.17) is 0 Å². The van der Waals surface area contributed by atoms with Gasteiger partial charge in [0.05, 0.1) is 5.70 Å². The Morgan fingerprint density at radius 1 is 1.00 bits per heavy atom. The Balaban J connectivity index is 1.69. The van der Waals surface area contributed by atoms with Gasteiger partial charge in [0, 0.05) is 36.9 Å². The average molecular weight is 288 g/mol. The molecule has 2 aromatic rings. The first-order chi connectivity index (χ1) is 10.9. The number of aromatic nitrogens is 1. The van der Waals surface area contributed by atoms with Crippen LogP contribution in [0.5, 0.6) is 0 Å². The molecule has 0 aliphatic carbocycles. The van der Waals surface area contributed by atoms with Gasteiger partial charge < -0.3 is 4.90 Å². The number of pyridine rings is 1. The highest BCUT2D eigenvalue weighted by Crippen LogP contribution is 2.33. The van der Waals surface area contributed by atoms with Gasteiger partial charge in [-0.15, -0.1) is 0 Å². The molecule has 0 saturated carbocycles. The molecular weight excluding hydrogens is 272 g/mol. The van der Waals surface area contributed by atoms with Crippen molar-refractivity contribution >= 4 is 5.70 Å². The van der Waals surface area contributed by atoms with Crippen LogP contribution in [0.1, 0.15) is 11.1 Å². The minimum Gasteiger partial charge on any atom is -0.326 e. The van der Waals surface area contributed by atoms with Crippen LogP contribution >= 0.6 is 0 Å². The van der Waals surface area contributed by atoms with Gasteiger partial charge in [-0.1, -0.05) is 30.3 Å². The highest BCUT2D eigenvalue weighted by molar-refractivity contribution is 5.68. The quantitative estimate of drug-likeness (QED) is 0.940. The molecular formula is C18H16N4. The van der Waals surface area contributed by atoms with Gasteiger partial charge in [0.1, 0.15) is 5.82 Å². The Morgan fingerprint density at radius 2 is 1.82 bits per heavy atom. The normalized spacial score (nSPS) is 16.0. The smallest absolute Gasteiger partial charge is 0.132 e. The molecule has 2 aliphatic rings. The maximum absolute atomic E-state index is 4.10. The van der Waals surface area contributed by atoms with Crippen molar-refractivity contribution < 1.29 is 0 Å². The van der Waals surface area contributed by atoms with Gasteiger partial charge in [-0.25, -0.2) is 5.01 Å². The summed E-state index contributed by atoms with van der Waals surface area (Å²) >= 11 is 0. The highest BCUT2D eigenvalue weighted by Gasteiger charge is 2.28. The van der Waals surface area contributed by atoms with E-state index in [1.54, 1.807) is 0 Å². The number of hydrazine groups is 1. The summed E-state index contributed by atoms with van der Waals surface area (Å²) in [7, 11) is 0. The largest absolute Gasteiger partial charge is 0.326 e. The molecule has 4 rings (SSSR count). The van der Waals surface area contributed by atoms with Crippen molar-refractivity contribution in [1.29, 1.82) is 0 Å². The zero-order valence-electron chi connectivity index (χ0n) is 12.1. The van der Waals surface area contributed by atoms with E-state index < -0.39 is 0 Å². The first kappa shape index (κ1) is 12.7. The number of fused-ring (bicyclic) bond motifs is 1. The lowest BCUT2D eigenvalue weighted by Crippen LogP contribution is -2.34. The lowest BCUT2D eigenvalue weighted by molar-refractivity contribution is 0.318. The lowest BCUT2D eigenvalue weighted by Gasteiger charge is -2.28. The number of hydrogen-bond acceptors (Lipinski definition) is 4. The lowest BCUT2D eigenvalue weighted by atomic mass is 10.2. The van der Waals surface area contributed by atoms with Crippen LogP contribution in [-0.2, 0) is 6.54 Å². The van der Waals surface area contributed by atoms with E-state index in [1.807, 2.05) is 42.9 Å². The second kappa shape index (κ2) is 5.41. The standard InChI is InChI=1S/C18H16N4/c1-2-5-15(6-3-1)13-21-14-17(16-8-11-19-12-9-16)22-18(21)7-4-10-20-22/h1-12,14,20H,13H2. The van der Waals surface area contributed by atoms with Crippen molar-refractivity contribution in [3.8, 4) is 0 Å². The second-order valence-corrected chi connectivity index (χ2v) is 5.21. The van der Waals surface area contributed by atoms with Crippen LogP contribution < -0.4 is 5.43 Å². The first-order valence-electron chi connectivity index (χ1n) is 7.28. The molecule has 108 valence electrons. The van der Waals surface area contributed by atoms with Crippen molar-refractivity contribution in [1.82, 2.24) is 20.3 Å². The average Bonchev–Trinajstić information content (AvgIpc) is 2.96. The fourth-order valence-electron chi connectivity index (χ4n) is 2.71. The number of allylic oxidation sites excluding steroid dienone is 2. The van der Waals surface area contributed by atoms with E-state index in [-0.39, 0.29) is 0 Å². The molecule has 22 heavy (non-hydrogen) atoms. The molecule has 0 spiro atoms. The van der Waals surface area contributed by atoms with Crippen molar-refractivity contribution in [3.05, 3.63) is 96.4 Å². The summed E-state index contributed by atoms with van der Waals surface area (Å²) in [6.45, 7) is 0.841. The molecule has 3 heterocycles. The van der Waals surface area contributed by atoms with Crippen molar-refractivity contribution in [2.75, 3.05) is 0 Å². The fraction of sp³-hybridized carbons (Fsp3) is 0.0556. The summed E-state index contributed by atoms with van der Waals surface area (Å²) in [4.78, 5) is 6.35. The second-order valence-electron chi connectivity index (χ2n) is 5.21. The molecule has 0 unspecified atom stereocenters. The predicted octanol–water partition coefficient (Wildman–Crippen LogP) is 3.07. The third-order valence-corrected chi connectivity index (χ3v) is 3.76. The van der Waals surface area contributed by atoms with Crippen molar-refractivity contribution in [2.24, 2.45) is 0 Å². The third kappa shape index (κ3) is 2.24. The van der Waals surface area contributed by atoms with Crippen LogP contribution in [0.2, 0.25) is 0 Å². The van der Waals surface area contributed by atoms with E-state index in [0.29, 0.717) is 0 Å². The molecule has 1 aromatic carbocycles. The zero-order valence-corrected chi connectivity index (χ0v) is 12.1. The van der Waals surface area contributed by atoms with Crippen LogP contribution in [0.4, 0.5) is 0 Å². The number of nitrogens with one attached hydrogen (secondary N) is 1. The minimum atomic E-state index is 0.841. The maximum Gasteiger partial charge on any atom is 0.132 e. The molecule has 4 heteroatoms. The Morgan fingerprint density at radius 3 is 2.64 bits per heavy atom. The predicted molar refractivity (Wildman–Crippen MR) is 86.4 cm³/mol. The van der Waals surface area contributed by atoms with Gasteiger partial charge in [0.25, 0.3) is 0 Å². The molecule has 0 bridgehead atoms. The van der Waals surface area contributed by atoms with Gasteiger partial charge in [-0.2, -0.15) is 0 Å². The van der Waals surface area contributed by atoms with Gasteiger partial charge in [0.15, 0.2) is 0 Å². The van der Waals surface area contributed by atoms with Gasteiger partial charge in [-0.05, 0) is 29.8 Å². The van der Waals surface area contributed by atoms with Gasteiger partial charge in [-0.3, -0.25) is 10.4 Å².